The van der Waals surface area contributed by atoms with E-state index in [2.05, 4.69) is 92.9 Å². The monoisotopic (exact) mass is 561 g/mol. The van der Waals surface area contributed by atoms with Crippen LogP contribution >= 0.6 is 80.6 Å². The van der Waals surface area contributed by atoms with Gasteiger partial charge in [-0.05, 0) is 72.7 Å². The minimum atomic E-state index is -0.0771. The van der Waals surface area contributed by atoms with E-state index in [9.17, 15) is 0 Å². The van der Waals surface area contributed by atoms with Crippen molar-refractivity contribution in [3.63, 3.8) is 0 Å². The Balaban J connectivity index is 2.52. The largest absolute Gasteiger partial charge is 0.270 e. The van der Waals surface area contributed by atoms with E-state index < -0.39 is 0 Å². The first-order valence-electron chi connectivity index (χ1n) is 3.46. The molecule has 2 aromatic rings. The lowest BCUT2D eigenvalue weighted by molar-refractivity contribution is 1.16. The van der Waals surface area contributed by atoms with E-state index in [0.717, 1.165) is 14.7 Å². The zero-order valence-electron chi connectivity index (χ0n) is 6.56. The summed E-state index contributed by atoms with van der Waals surface area (Å²) in [7, 11) is 0. The number of hydrogen-bond donors (Lipinski definition) is 0. The minimum absolute atomic E-state index is 0.0771. The Labute approximate surface area is 126 Å². The third-order valence-corrected chi connectivity index (χ3v) is 7.07. The first-order valence-corrected chi connectivity index (χ1v) is 12.8. The summed E-state index contributed by atoms with van der Waals surface area (Å²) in [6.45, 7) is 0. The van der Waals surface area contributed by atoms with Gasteiger partial charge in [-0.1, -0.05) is 0 Å². The molecule has 2 aromatic heterocycles. The molecule has 0 bridgehead atoms. The van der Waals surface area contributed by atoms with Crippen LogP contribution in [0.25, 0.3) is 11.0 Å². The molecule has 0 spiro atoms. The van der Waals surface area contributed by atoms with Gasteiger partial charge in [0.25, 0.3) is 0 Å². The highest BCUT2D eigenvalue weighted by Crippen LogP contribution is 2.65. The lowest BCUT2D eigenvalue weighted by atomic mass is 10.4. The highest BCUT2D eigenvalue weighted by molar-refractivity contribution is 14.3. The molecule has 0 fully saturated rings. The van der Waals surface area contributed by atoms with Crippen molar-refractivity contribution >= 4 is 91.7 Å². The summed E-state index contributed by atoms with van der Waals surface area (Å²) < 4.78 is 3.05. The molecule has 14 heavy (non-hydrogen) atoms. The Morgan fingerprint density at radius 1 is 1.36 bits per heavy atom. The predicted octanol–water partition coefficient (Wildman–Crippen LogP) is 4.63. The SMILES string of the molecule is Ic1ncnc2c1ccn2SP(I)I. The lowest BCUT2D eigenvalue weighted by Crippen LogP contribution is -1.88. The van der Waals surface area contributed by atoms with Crippen molar-refractivity contribution in [2.45, 2.75) is 0 Å². The first kappa shape index (κ1) is 12.1. The summed E-state index contributed by atoms with van der Waals surface area (Å²) >= 11 is 8.90. The zero-order chi connectivity index (χ0) is 10.1. The van der Waals surface area contributed by atoms with E-state index in [0.29, 0.717) is 0 Å². The molecule has 2 rings (SSSR count). The van der Waals surface area contributed by atoms with Gasteiger partial charge in [-0.2, -0.15) is 0 Å². The fourth-order valence-electron chi connectivity index (χ4n) is 1.03. The van der Waals surface area contributed by atoms with Crippen molar-refractivity contribution < 1.29 is 0 Å². The highest BCUT2D eigenvalue weighted by Gasteiger charge is 2.08. The number of fused-ring (bicyclic) bond motifs is 1. The van der Waals surface area contributed by atoms with Crippen molar-refractivity contribution in [2.75, 3.05) is 0 Å². The van der Waals surface area contributed by atoms with Gasteiger partial charge in [0, 0.05) is 17.8 Å². The third kappa shape index (κ3) is 2.64. The van der Waals surface area contributed by atoms with E-state index in [1.54, 1.807) is 17.9 Å². The van der Waals surface area contributed by atoms with Crippen LogP contribution < -0.4 is 0 Å². The minimum Gasteiger partial charge on any atom is -0.270 e. The van der Waals surface area contributed by atoms with Crippen LogP contribution in [0.2, 0.25) is 0 Å². The number of nitrogens with zero attached hydrogens (tertiary/aromatic N) is 3. The number of hydrogen-bond acceptors (Lipinski definition) is 3. The average molecular weight is 561 g/mol. The molecule has 0 aliphatic rings. The summed E-state index contributed by atoms with van der Waals surface area (Å²) in [6, 6.07) is 2.07. The quantitative estimate of drug-likeness (QED) is 0.305. The van der Waals surface area contributed by atoms with E-state index in [1.165, 1.54) is 0 Å². The highest BCUT2D eigenvalue weighted by atomic mass is 127. The zero-order valence-corrected chi connectivity index (χ0v) is 14.7. The average Bonchev–Trinajstić information content (AvgIpc) is 2.49. The van der Waals surface area contributed by atoms with E-state index in [4.69, 9.17) is 0 Å². The second-order valence-electron chi connectivity index (χ2n) is 2.33. The molecule has 3 nitrogen and oxygen atoms in total. The molecule has 0 amide bonds. The van der Waals surface area contributed by atoms with Crippen LogP contribution in [-0.2, 0) is 0 Å². The Kier molecular flexibility index (Phi) is 4.55. The molecule has 2 heterocycles. The molecule has 0 aromatic carbocycles. The van der Waals surface area contributed by atoms with E-state index >= 15 is 0 Å². The van der Waals surface area contributed by atoms with Crippen molar-refractivity contribution in [3.8, 4) is 0 Å². The molecule has 0 N–H and O–H groups in total. The van der Waals surface area contributed by atoms with Gasteiger partial charge in [0.2, 0.25) is 0 Å². The molecule has 8 heteroatoms. The molecule has 0 saturated heterocycles. The smallest absolute Gasteiger partial charge is 0.154 e. The van der Waals surface area contributed by atoms with Crippen LogP contribution in [0, 0.1) is 3.70 Å². The Morgan fingerprint density at radius 2 is 2.14 bits per heavy atom. The van der Waals surface area contributed by atoms with Crippen molar-refractivity contribution in [1.82, 2.24) is 13.9 Å². The Bertz CT molecular complexity index is 461. The fraction of sp³-hybridized carbons (Fsp3) is 0. The van der Waals surface area contributed by atoms with Gasteiger partial charge in [-0.15, -0.1) is 0 Å². The molecular weight excluding hydrogens is 558 g/mol. The molecule has 0 saturated carbocycles. The molecular formula is C6H3I3N3PS. The Morgan fingerprint density at radius 3 is 2.86 bits per heavy atom. The second kappa shape index (κ2) is 5.28. The molecule has 74 valence electrons. The van der Waals surface area contributed by atoms with Crippen LogP contribution in [0.4, 0.5) is 0 Å². The van der Waals surface area contributed by atoms with Crippen LogP contribution in [0.1, 0.15) is 0 Å². The van der Waals surface area contributed by atoms with Crippen LogP contribution in [0.15, 0.2) is 18.6 Å². The van der Waals surface area contributed by atoms with Gasteiger partial charge < -0.3 is 0 Å². The standard InChI is InChI=1S/C6H3I3N3PS/c7-5-4-1-2-12(14-13(8)9)6(4)11-3-10-5/h1-3H. The molecule has 0 unspecified atom stereocenters. The maximum atomic E-state index is 4.28. The maximum Gasteiger partial charge on any atom is 0.154 e. The number of halogens is 3. The van der Waals surface area contributed by atoms with Crippen molar-refractivity contribution in [1.29, 1.82) is 0 Å². The summed E-state index contributed by atoms with van der Waals surface area (Å²) in [5.74, 6) is 0. The second-order valence-corrected chi connectivity index (χ2v) is 21.2. The van der Waals surface area contributed by atoms with Crippen LogP contribution in [0.5, 0.6) is 0 Å². The summed E-state index contributed by atoms with van der Waals surface area (Å²) in [5, 5.41) is 1.13. The lowest BCUT2D eigenvalue weighted by Gasteiger charge is -2.03. The van der Waals surface area contributed by atoms with Gasteiger partial charge in [0.1, 0.15) is 12.4 Å². The number of aromatic nitrogens is 3. The number of rotatable bonds is 2. The topological polar surface area (TPSA) is 30.7 Å². The van der Waals surface area contributed by atoms with E-state index in [-0.39, 0.29) is 2.41 Å². The predicted molar refractivity (Wildman–Crippen MR) is 88.2 cm³/mol. The van der Waals surface area contributed by atoms with E-state index in [1.807, 2.05) is 0 Å². The molecule has 0 aliphatic carbocycles. The van der Waals surface area contributed by atoms with Gasteiger partial charge >= 0.3 is 0 Å². The normalized spacial score (nSPS) is 11.4. The first-order chi connectivity index (χ1) is 6.68. The van der Waals surface area contributed by atoms with Gasteiger partial charge in [-0.3, -0.25) is 3.97 Å². The Hall–Kier alpha value is 1.59. The summed E-state index contributed by atoms with van der Waals surface area (Å²) in [4.78, 5) is 8.44. The molecule has 0 radical (unpaired) electrons. The van der Waals surface area contributed by atoms with Gasteiger partial charge in [0.15, 0.2) is 5.65 Å². The summed E-state index contributed by atoms with van der Waals surface area (Å²) in [6.07, 6.45) is 3.67. The summed E-state index contributed by atoms with van der Waals surface area (Å²) in [5.41, 5.74) is 1.01. The fourth-order valence-corrected chi connectivity index (χ4v) is 6.26. The maximum absolute atomic E-state index is 4.28. The van der Waals surface area contributed by atoms with Gasteiger partial charge in [0.05, 0.1) is 5.39 Å². The molecule has 0 aliphatic heterocycles. The van der Waals surface area contributed by atoms with Crippen molar-refractivity contribution in [2.24, 2.45) is 0 Å². The van der Waals surface area contributed by atoms with Crippen LogP contribution in [0.3, 0.4) is 0 Å². The van der Waals surface area contributed by atoms with Gasteiger partial charge in [-0.25, -0.2) is 9.97 Å². The third-order valence-electron chi connectivity index (χ3n) is 1.55. The van der Waals surface area contributed by atoms with Crippen LogP contribution in [-0.4, -0.2) is 13.9 Å². The molecule has 0 atom stereocenters. The van der Waals surface area contributed by atoms with Crippen molar-refractivity contribution in [3.05, 3.63) is 22.3 Å².